The van der Waals surface area contributed by atoms with Crippen molar-refractivity contribution in [3.63, 3.8) is 0 Å². The molecule has 0 aliphatic heterocycles. The second kappa shape index (κ2) is 10.3. The monoisotopic (exact) mass is 463 g/mol. The molecule has 0 atom stereocenters. The van der Waals surface area contributed by atoms with Crippen molar-refractivity contribution in [2.24, 2.45) is 0 Å². The van der Waals surface area contributed by atoms with E-state index in [0.29, 0.717) is 6.61 Å². The third-order valence-corrected chi connectivity index (χ3v) is 5.66. The van der Waals surface area contributed by atoms with E-state index in [0.717, 1.165) is 22.3 Å². The largest absolute Gasteiger partial charge is 0.493 e. The molecular weight excluding hydrogens is 438 g/mol. The van der Waals surface area contributed by atoms with E-state index < -0.39 is 12.1 Å². The highest BCUT2D eigenvalue weighted by molar-refractivity contribution is 5.99. The molecule has 1 aliphatic carbocycles. The van der Waals surface area contributed by atoms with Crippen LogP contribution in [0.4, 0.5) is 10.5 Å². The Labute approximate surface area is 197 Å². The summed E-state index contributed by atoms with van der Waals surface area (Å²) >= 11 is 0. The van der Waals surface area contributed by atoms with Gasteiger partial charge in [0.1, 0.15) is 13.2 Å². The maximum Gasteiger partial charge on any atom is 0.411 e. The minimum atomic E-state index is -1.23. The summed E-state index contributed by atoms with van der Waals surface area (Å²) in [5, 5.41) is 12.2. The molecule has 0 heterocycles. The highest BCUT2D eigenvalue weighted by atomic mass is 16.6. The molecule has 1 amide bonds. The summed E-state index contributed by atoms with van der Waals surface area (Å²) in [6, 6.07) is 18.7. The Morgan fingerprint density at radius 1 is 0.912 bits per heavy atom. The number of carbonyl (C=O) groups is 2. The number of methoxy groups -OCH3 is 2. The van der Waals surface area contributed by atoms with Gasteiger partial charge in [-0.25, -0.2) is 9.59 Å². The number of fused-ring (bicyclic) bond motifs is 3. The number of hydrogen-bond donors (Lipinski definition) is 2. The van der Waals surface area contributed by atoms with Gasteiger partial charge in [-0.15, -0.1) is 0 Å². The van der Waals surface area contributed by atoms with Crippen LogP contribution in [0, 0.1) is 0 Å². The molecule has 4 rings (SSSR count). The van der Waals surface area contributed by atoms with Crippen LogP contribution in [0.5, 0.6) is 11.5 Å². The third-order valence-electron chi connectivity index (χ3n) is 5.66. The quantitative estimate of drug-likeness (QED) is 0.440. The van der Waals surface area contributed by atoms with Crippen LogP contribution in [0.2, 0.25) is 0 Å². The van der Waals surface area contributed by atoms with Crippen molar-refractivity contribution >= 4 is 17.7 Å². The normalized spacial score (nSPS) is 11.9. The van der Waals surface area contributed by atoms with Crippen molar-refractivity contribution in [1.29, 1.82) is 0 Å². The van der Waals surface area contributed by atoms with Gasteiger partial charge in [-0.3, -0.25) is 5.32 Å². The summed E-state index contributed by atoms with van der Waals surface area (Å²) in [6.45, 7) is 0.665. The van der Waals surface area contributed by atoms with E-state index in [4.69, 9.17) is 18.9 Å². The second-order valence-electron chi connectivity index (χ2n) is 7.65. The number of rotatable bonds is 9. The molecular formula is C26H25NO7. The molecule has 34 heavy (non-hydrogen) atoms. The first kappa shape index (κ1) is 23.1. The molecule has 1 aliphatic rings. The summed E-state index contributed by atoms with van der Waals surface area (Å²) in [6.07, 6.45) is -0.766. The van der Waals surface area contributed by atoms with E-state index in [1.165, 1.54) is 26.4 Å². The van der Waals surface area contributed by atoms with Crippen molar-refractivity contribution in [3.05, 3.63) is 77.4 Å². The molecule has 0 fully saturated rings. The Kier molecular flexibility index (Phi) is 6.98. The number of ether oxygens (including phenoxy) is 4. The number of anilines is 1. The lowest BCUT2D eigenvalue weighted by atomic mass is 9.98. The Morgan fingerprint density at radius 3 is 2.15 bits per heavy atom. The molecule has 0 saturated heterocycles. The number of nitrogens with one attached hydrogen (secondary N) is 1. The van der Waals surface area contributed by atoms with E-state index >= 15 is 0 Å². The average Bonchev–Trinajstić information content (AvgIpc) is 3.16. The maximum absolute atomic E-state index is 12.7. The van der Waals surface area contributed by atoms with Crippen LogP contribution < -0.4 is 14.8 Å². The number of carbonyl (C=O) groups excluding carboxylic acids is 1. The average molecular weight is 463 g/mol. The van der Waals surface area contributed by atoms with Gasteiger partial charge in [-0.05, 0) is 22.3 Å². The summed E-state index contributed by atoms with van der Waals surface area (Å²) in [7, 11) is 2.95. The van der Waals surface area contributed by atoms with Gasteiger partial charge in [0.05, 0.1) is 25.0 Å². The van der Waals surface area contributed by atoms with Crippen LogP contribution in [0.25, 0.3) is 11.1 Å². The van der Waals surface area contributed by atoms with Crippen LogP contribution in [0.15, 0.2) is 60.7 Å². The molecule has 8 heteroatoms. The van der Waals surface area contributed by atoms with E-state index in [1.807, 2.05) is 36.4 Å². The maximum atomic E-state index is 12.7. The summed E-state index contributed by atoms with van der Waals surface area (Å²) in [5.41, 5.74) is 4.30. The molecule has 8 nitrogen and oxygen atoms in total. The number of hydrogen-bond acceptors (Lipinski definition) is 6. The third kappa shape index (κ3) is 4.67. The predicted molar refractivity (Wildman–Crippen MR) is 126 cm³/mol. The smallest absolute Gasteiger partial charge is 0.411 e. The molecule has 3 aromatic rings. The second-order valence-corrected chi connectivity index (χ2v) is 7.65. The van der Waals surface area contributed by atoms with Gasteiger partial charge >= 0.3 is 12.1 Å². The van der Waals surface area contributed by atoms with Crippen molar-refractivity contribution in [2.45, 2.75) is 5.92 Å². The highest BCUT2D eigenvalue weighted by Gasteiger charge is 2.29. The van der Waals surface area contributed by atoms with Crippen LogP contribution in [-0.2, 0) is 9.47 Å². The highest BCUT2D eigenvalue weighted by Crippen LogP contribution is 2.44. The zero-order chi connectivity index (χ0) is 24.1. The summed E-state index contributed by atoms with van der Waals surface area (Å²) < 4.78 is 21.4. The SMILES string of the molecule is COCCOc1cc(NC(=O)OCC2c3ccccc3-c3ccccc32)c(C(=O)O)cc1OC. The van der Waals surface area contributed by atoms with Gasteiger partial charge in [0.25, 0.3) is 0 Å². The standard InChI is InChI=1S/C26H25NO7/c1-31-11-12-33-24-14-22(20(25(28)29)13-23(24)32-2)27-26(30)34-15-21-18-9-5-3-7-16(18)17-8-4-6-10-19(17)21/h3-10,13-14,21H,11-12,15H2,1-2H3,(H,27,30)(H,28,29). The first-order chi connectivity index (χ1) is 16.5. The molecule has 176 valence electrons. The molecule has 0 radical (unpaired) electrons. The lowest BCUT2D eigenvalue weighted by Crippen LogP contribution is -2.19. The topological polar surface area (TPSA) is 103 Å². The molecule has 3 aromatic carbocycles. The first-order valence-electron chi connectivity index (χ1n) is 10.7. The minimum absolute atomic E-state index is 0.0398. The van der Waals surface area contributed by atoms with Crippen LogP contribution >= 0.6 is 0 Å². The Hall–Kier alpha value is -4.04. The number of aromatic carboxylic acids is 1. The Morgan fingerprint density at radius 2 is 1.56 bits per heavy atom. The zero-order valence-electron chi connectivity index (χ0n) is 18.9. The zero-order valence-corrected chi connectivity index (χ0v) is 18.9. The van der Waals surface area contributed by atoms with Crippen LogP contribution in [-0.4, -0.2) is 51.2 Å². The number of carboxylic acid groups (broad SMARTS) is 1. The Balaban J connectivity index is 1.52. The lowest BCUT2D eigenvalue weighted by molar-refractivity contribution is 0.0697. The van der Waals surface area contributed by atoms with Gasteiger partial charge in [-0.2, -0.15) is 0 Å². The van der Waals surface area contributed by atoms with Gasteiger partial charge < -0.3 is 24.1 Å². The molecule has 0 bridgehead atoms. The fourth-order valence-corrected chi connectivity index (χ4v) is 4.09. The van der Waals surface area contributed by atoms with E-state index in [1.54, 1.807) is 0 Å². The number of amides is 1. The fourth-order valence-electron chi connectivity index (χ4n) is 4.09. The molecule has 0 saturated carbocycles. The lowest BCUT2D eigenvalue weighted by Gasteiger charge is -2.17. The molecule has 2 N–H and O–H groups in total. The van der Waals surface area contributed by atoms with Gasteiger partial charge in [-0.1, -0.05) is 48.5 Å². The summed E-state index contributed by atoms with van der Waals surface area (Å²) in [4.78, 5) is 24.5. The van der Waals surface area contributed by atoms with Gasteiger partial charge in [0, 0.05) is 25.2 Å². The van der Waals surface area contributed by atoms with Gasteiger partial charge in [0.15, 0.2) is 11.5 Å². The predicted octanol–water partition coefficient (Wildman–Crippen LogP) is 4.78. The fraction of sp³-hybridized carbons (Fsp3) is 0.231. The number of benzene rings is 3. The van der Waals surface area contributed by atoms with Crippen molar-refractivity contribution in [3.8, 4) is 22.6 Å². The van der Waals surface area contributed by atoms with Crippen molar-refractivity contribution in [2.75, 3.05) is 39.4 Å². The minimum Gasteiger partial charge on any atom is -0.493 e. The van der Waals surface area contributed by atoms with E-state index in [2.05, 4.69) is 17.4 Å². The number of carboxylic acids is 1. The molecule has 0 aromatic heterocycles. The van der Waals surface area contributed by atoms with Crippen molar-refractivity contribution in [1.82, 2.24) is 0 Å². The van der Waals surface area contributed by atoms with Gasteiger partial charge in [0.2, 0.25) is 0 Å². The summed E-state index contributed by atoms with van der Waals surface area (Å²) in [5.74, 6) is -0.832. The van der Waals surface area contributed by atoms with Crippen molar-refractivity contribution < 1.29 is 33.6 Å². The van der Waals surface area contributed by atoms with E-state index in [-0.39, 0.29) is 41.9 Å². The Bertz CT molecular complexity index is 1160. The van der Waals surface area contributed by atoms with Crippen LogP contribution in [0.3, 0.4) is 0 Å². The molecule has 0 spiro atoms. The first-order valence-corrected chi connectivity index (χ1v) is 10.7. The van der Waals surface area contributed by atoms with E-state index in [9.17, 15) is 14.7 Å². The molecule has 0 unspecified atom stereocenters. The van der Waals surface area contributed by atoms with Crippen LogP contribution in [0.1, 0.15) is 27.4 Å².